The van der Waals surface area contributed by atoms with Gasteiger partial charge in [0, 0.05) is 5.56 Å². The molecule has 40 heavy (non-hydrogen) atoms. The summed E-state index contributed by atoms with van der Waals surface area (Å²) in [7, 11) is 0. The number of fused-ring (bicyclic) bond motifs is 7. The molecule has 0 aromatic heterocycles. The fourth-order valence-corrected chi connectivity index (χ4v) is 6.59. The van der Waals surface area contributed by atoms with Gasteiger partial charge in [-0.3, -0.25) is 0 Å². The minimum absolute atomic E-state index is 0.682. The number of nitriles is 1. The fraction of sp³-hybridized carbons (Fsp3) is 0. The van der Waals surface area contributed by atoms with Crippen molar-refractivity contribution >= 4 is 21.5 Å². The highest BCUT2D eigenvalue weighted by molar-refractivity contribution is 6.27. The van der Waals surface area contributed by atoms with Crippen LogP contribution in [0.2, 0.25) is 0 Å². The maximum atomic E-state index is 9.96. The van der Waals surface area contributed by atoms with Crippen LogP contribution in [0.3, 0.4) is 0 Å². The van der Waals surface area contributed by atoms with Gasteiger partial charge in [0.1, 0.15) is 0 Å². The van der Waals surface area contributed by atoms with Crippen molar-refractivity contribution in [3.05, 3.63) is 145 Å². The van der Waals surface area contributed by atoms with Crippen LogP contribution in [0.5, 0.6) is 0 Å². The summed E-state index contributed by atoms with van der Waals surface area (Å²) in [6, 6.07) is 52.0. The molecule has 1 nitrogen and oxygen atoms in total. The number of hydrogen-bond donors (Lipinski definition) is 0. The highest BCUT2D eigenvalue weighted by Gasteiger charge is 2.25. The Labute approximate surface area is 233 Å². The largest absolute Gasteiger partial charge is 0.192 e. The molecule has 0 radical (unpaired) electrons. The minimum Gasteiger partial charge on any atom is -0.192 e. The second-order valence-corrected chi connectivity index (χ2v) is 10.4. The number of hydrogen-bond acceptors (Lipinski definition) is 1. The van der Waals surface area contributed by atoms with E-state index >= 15 is 0 Å². The second-order valence-electron chi connectivity index (χ2n) is 10.4. The van der Waals surface area contributed by atoms with Gasteiger partial charge in [-0.2, -0.15) is 5.26 Å². The van der Waals surface area contributed by atoms with Crippen molar-refractivity contribution in [1.29, 1.82) is 5.26 Å². The molecule has 0 aliphatic heterocycles. The molecule has 0 saturated heterocycles. The van der Waals surface area contributed by atoms with E-state index in [1.807, 2.05) is 24.3 Å². The molecule has 0 N–H and O–H groups in total. The van der Waals surface area contributed by atoms with Crippen LogP contribution in [-0.2, 0) is 0 Å². The SMILES string of the molecule is N#Cc1ccc(-c2c3ccccc3c3c4c(cccc24)-c2ccccc2-c2ccccc2-3)cc1-c1ccccc1. The van der Waals surface area contributed by atoms with Gasteiger partial charge in [-0.1, -0.05) is 127 Å². The van der Waals surface area contributed by atoms with E-state index in [9.17, 15) is 5.26 Å². The molecule has 0 bridgehead atoms. The molecule has 1 aliphatic rings. The van der Waals surface area contributed by atoms with Crippen molar-refractivity contribution in [3.63, 3.8) is 0 Å². The van der Waals surface area contributed by atoms with Crippen LogP contribution in [0.25, 0.3) is 77.2 Å². The third kappa shape index (κ3) is 3.20. The van der Waals surface area contributed by atoms with E-state index < -0.39 is 0 Å². The smallest absolute Gasteiger partial charge is 0.0998 e. The lowest BCUT2D eigenvalue weighted by Crippen LogP contribution is -1.93. The zero-order valence-corrected chi connectivity index (χ0v) is 21.7. The van der Waals surface area contributed by atoms with Gasteiger partial charge in [-0.15, -0.1) is 0 Å². The first kappa shape index (κ1) is 22.5. The zero-order valence-electron chi connectivity index (χ0n) is 21.7. The van der Waals surface area contributed by atoms with Crippen molar-refractivity contribution in [2.24, 2.45) is 0 Å². The van der Waals surface area contributed by atoms with Crippen LogP contribution < -0.4 is 0 Å². The van der Waals surface area contributed by atoms with Gasteiger partial charge in [0.25, 0.3) is 0 Å². The summed E-state index contributed by atoms with van der Waals surface area (Å²) in [5.74, 6) is 0. The molecule has 0 amide bonds. The topological polar surface area (TPSA) is 23.8 Å². The molecule has 7 aromatic rings. The summed E-state index contributed by atoms with van der Waals surface area (Å²) in [5.41, 5.74) is 12.6. The Morgan fingerprint density at radius 3 is 1.65 bits per heavy atom. The minimum atomic E-state index is 0.682. The maximum absolute atomic E-state index is 9.96. The van der Waals surface area contributed by atoms with Crippen molar-refractivity contribution < 1.29 is 0 Å². The quantitative estimate of drug-likeness (QED) is 0.214. The summed E-state index contributed by atoms with van der Waals surface area (Å²) in [6.45, 7) is 0. The Hall–Kier alpha value is -5.45. The lowest BCUT2D eigenvalue weighted by atomic mass is 9.83. The first-order chi connectivity index (χ1) is 19.8. The van der Waals surface area contributed by atoms with E-state index in [1.54, 1.807) is 0 Å². The lowest BCUT2D eigenvalue weighted by molar-refractivity contribution is 1.48. The molecule has 0 fully saturated rings. The summed E-state index contributed by atoms with van der Waals surface area (Å²) in [4.78, 5) is 0. The molecule has 1 heteroatoms. The van der Waals surface area contributed by atoms with E-state index in [-0.39, 0.29) is 0 Å². The van der Waals surface area contributed by atoms with Gasteiger partial charge in [-0.25, -0.2) is 0 Å². The standard InChI is InChI=1S/C39H23N/c40-24-27-22-21-26(23-36(27)25-11-2-1-3-12-25)37-33-17-8-9-18-34(33)38-31-16-7-6-15-29(31)28-13-4-5-14-30(28)32-19-10-20-35(37)39(32)38/h1-23H. The van der Waals surface area contributed by atoms with Crippen molar-refractivity contribution in [3.8, 4) is 61.7 Å². The molecular weight excluding hydrogens is 482 g/mol. The second kappa shape index (κ2) is 8.80. The number of rotatable bonds is 2. The van der Waals surface area contributed by atoms with Gasteiger partial charge in [0.2, 0.25) is 0 Å². The first-order valence-corrected chi connectivity index (χ1v) is 13.6. The summed E-state index contributed by atoms with van der Waals surface area (Å²) >= 11 is 0. The normalized spacial score (nSPS) is 11.5. The molecule has 7 aromatic carbocycles. The number of nitrogens with zero attached hydrogens (tertiary/aromatic N) is 1. The monoisotopic (exact) mass is 505 g/mol. The van der Waals surface area contributed by atoms with Gasteiger partial charge in [0.05, 0.1) is 11.6 Å². The van der Waals surface area contributed by atoms with Crippen molar-refractivity contribution in [1.82, 2.24) is 0 Å². The average molecular weight is 506 g/mol. The van der Waals surface area contributed by atoms with Crippen LogP contribution in [-0.4, -0.2) is 0 Å². The Bertz CT molecular complexity index is 2160. The van der Waals surface area contributed by atoms with Crippen LogP contribution in [0, 0.1) is 11.3 Å². The van der Waals surface area contributed by atoms with E-state index in [4.69, 9.17) is 0 Å². The molecule has 0 saturated carbocycles. The lowest BCUT2D eigenvalue weighted by Gasteiger charge is -2.20. The Kier molecular flexibility index (Phi) is 4.96. The summed E-state index contributed by atoms with van der Waals surface area (Å²) in [5, 5.41) is 14.9. The molecule has 8 rings (SSSR count). The predicted octanol–water partition coefficient (Wildman–Crippen LogP) is 10.5. The average Bonchev–Trinajstić information content (AvgIpc) is 3.15. The van der Waals surface area contributed by atoms with Crippen LogP contribution >= 0.6 is 0 Å². The molecule has 0 spiro atoms. The Balaban J connectivity index is 1.56. The van der Waals surface area contributed by atoms with Crippen LogP contribution in [0.1, 0.15) is 5.56 Å². The van der Waals surface area contributed by atoms with Gasteiger partial charge in [0.15, 0.2) is 0 Å². The zero-order chi connectivity index (χ0) is 26.6. The Morgan fingerprint density at radius 2 is 0.925 bits per heavy atom. The van der Waals surface area contributed by atoms with Crippen molar-refractivity contribution in [2.75, 3.05) is 0 Å². The molecule has 0 heterocycles. The molecule has 0 atom stereocenters. The molecular formula is C39H23N. The van der Waals surface area contributed by atoms with Crippen LogP contribution in [0.4, 0.5) is 0 Å². The third-order valence-corrected chi connectivity index (χ3v) is 8.27. The number of benzene rings is 7. The summed E-state index contributed by atoms with van der Waals surface area (Å²) in [6.07, 6.45) is 0. The molecule has 1 aliphatic carbocycles. The first-order valence-electron chi connectivity index (χ1n) is 13.6. The van der Waals surface area contributed by atoms with E-state index in [0.29, 0.717) is 5.56 Å². The predicted molar refractivity (Wildman–Crippen MR) is 167 cm³/mol. The van der Waals surface area contributed by atoms with Crippen LogP contribution in [0.15, 0.2) is 140 Å². The van der Waals surface area contributed by atoms with Gasteiger partial charge < -0.3 is 0 Å². The molecule has 184 valence electrons. The van der Waals surface area contributed by atoms with E-state index in [1.165, 1.54) is 60.5 Å². The van der Waals surface area contributed by atoms with Gasteiger partial charge >= 0.3 is 0 Å². The Morgan fingerprint density at radius 1 is 0.375 bits per heavy atom. The van der Waals surface area contributed by atoms with E-state index in [0.717, 1.165) is 16.7 Å². The third-order valence-electron chi connectivity index (χ3n) is 8.27. The summed E-state index contributed by atoms with van der Waals surface area (Å²) < 4.78 is 0. The van der Waals surface area contributed by atoms with Gasteiger partial charge in [-0.05, 0) is 83.7 Å². The van der Waals surface area contributed by atoms with E-state index in [2.05, 4.69) is 121 Å². The molecule has 0 unspecified atom stereocenters. The van der Waals surface area contributed by atoms with Crippen molar-refractivity contribution in [2.45, 2.75) is 0 Å². The maximum Gasteiger partial charge on any atom is 0.0998 e. The fourth-order valence-electron chi connectivity index (χ4n) is 6.59. The highest BCUT2D eigenvalue weighted by atomic mass is 14.3. The highest BCUT2D eigenvalue weighted by Crippen LogP contribution is 2.52.